The predicted octanol–water partition coefficient (Wildman–Crippen LogP) is 2.97. The summed E-state index contributed by atoms with van der Waals surface area (Å²) in [4.78, 5) is 12.6. The molecular weight excluding hydrogens is 354 g/mol. The minimum absolute atomic E-state index is 0.135. The monoisotopic (exact) mass is 377 g/mol. The van der Waals surface area contributed by atoms with Gasteiger partial charge < -0.3 is 8.92 Å². The maximum atomic E-state index is 12.6. The normalized spacial score (nSPS) is 30.8. The third-order valence-corrected chi connectivity index (χ3v) is 6.58. The smallest absolute Gasteiger partial charge is 0.380 e. The van der Waals surface area contributed by atoms with Gasteiger partial charge in [-0.1, -0.05) is 6.92 Å². The fourth-order valence-electron chi connectivity index (χ4n) is 4.93. The van der Waals surface area contributed by atoms with Crippen LogP contribution in [0.25, 0.3) is 5.57 Å². The summed E-state index contributed by atoms with van der Waals surface area (Å²) >= 11 is 0. The highest BCUT2D eigenvalue weighted by atomic mass is 32.2. The van der Waals surface area contributed by atoms with E-state index in [0.29, 0.717) is 18.0 Å². The highest BCUT2D eigenvalue weighted by Gasteiger charge is 2.50. The molecule has 1 saturated carbocycles. The Labute approximate surface area is 153 Å². The number of hydrogen-bond donors (Lipinski definition) is 1. The van der Waals surface area contributed by atoms with Gasteiger partial charge in [0.05, 0.1) is 0 Å². The van der Waals surface area contributed by atoms with Gasteiger partial charge in [0.15, 0.2) is 0 Å². The van der Waals surface area contributed by atoms with Crippen LogP contribution < -0.4 is 14.1 Å². The van der Waals surface area contributed by atoms with Crippen LogP contribution in [-0.4, -0.2) is 20.3 Å². The fraction of sp³-hybridized carbons (Fsp3) is 0.526. The van der Waals surface area contributed by atoms with Gasteiger partial charge in [-0.2, -0.15) is 13.6 Å². The van der Waals surface area contributed by atoms with Gasteiger partial charge in [-0.25, -0.2) is 0 Å². The van der Waals surface area contributed by atoms with Gasteiger partial charge in [-0.15, -0.1) is 0 Å². The highest BCUT2D eigenvalue weighted by molar-refractivity contribution is 7.84. The molecule has 140 valence electrons. The molecule has 0 radical (unpaired) electrons. The number of rotatable bonds is 2. The number of ketones is 1. The summed E-state index contributed by atoms with van der Waals surface area (Å²) in [5.74, 6) is 1.32. The molecule has 0 unspecified atom stereocenters. The molecule has 1 heterocycles. The minimum Gasteiger partial charge on any atom is -0.486 e. The van der Waals surface area contributed by atoms with Crippen LogP contribution in [0.2, 0.25) is 0 Å². The molecule has 1 fully saturated rings. The largest absolute Gasteiger partial charge is 0.486 e. The molecular formula is C19H23NO5S. The molecule has 0 aromatic heterocycles. The van der Waals surface area contributed by atoms with Crippen molar-refractivity contribution in [2.45, 2.75) is 52.1 Å². The van der Waals surface area contributed by atoms with Crippen molar-refractivity contribution in [2.24, 2.45) is 16.5 Å². The van der Waals surface area contributed by atoms with Crippen LogP contribution in [0.15, 0.2) is 23.8 Å². The zero-order valence-electron chi connectivity index (χ0n) is 14.9. The Hall–Kier alpha value is -1.86. The first-order valence-corrected chi connectivity index (χ1v) is 10.5. The molecule has 6 nitrogen and oxygen atoms in total. The molecule has 1 aromatic rings. The molecule has 2 N–H and O–H groups in total. The molecule has 0 bridgehead atoms. The van der Waals surface area contributed by atoms with E-state index in [-0.39, 0.29) is 23.2 Å². The van der Waals surface area contributed by atoms with Crippen molar-refractivity contribution in [3.05, 3.63) is 29.3 Å². The number of carbonyl (C=O) groups excluding carboxylic acids is 1. The lowest BCUT2D eigenvalue weighted by Crippen LogP contribution is -2.46. The van der Waals surface area contributed by atoms with E-state index in [0.717, 1.165) is 31.2 Å². The molecule has 2 aliphatic carbocycles. The minimum atomic E-state index is -4.08. The number of benzene rings is 1. The topological polar surface area (TPSA) is 95.7 Å². The zero-order chi connectivity index (χ0) is 18.7. The highest BCUT2D eigenvalue weighted by Crippen LogP contribution is 2.56. The molecule has 3 aliphatic rings. The predicted molar refractivity (Wildman–Crippen MR) is 96.9 cm³/mol. The molecule has 0 spiro atoms. The average Bonchev–Trinajstić information content (AvgIpc) is 2.54. The number of allylic oxidation sites excluding steroid dienone is 1. The number of ether oxygens (including phenoxy) is 1. The first-order chi connectivity index (χ1) is 12.2. The Morgan fingerprint density at radius 2 is 2.08 bits per heavy atom. The number of Topliss-reactive ketones (excluding diaryl/α,β-unsaturated/α-hetero) is 1. The molecule has 26 heavy (non-hydrogen) atoms. The van der Waals surface area contributed by atoms with E-state index in [2.05, 4.69) is 6.92 Å². The Morgan fingerprint density at radius 1 is 1.31 bits per heavy atom. The molecule has 4 rings (SSSR count). The van der Waals surface area contributed by atoms with Crippen LogP contribution in [0.1, 0.15) is 51.5 Å². The third-order valence-electron chi connectivity index (χ3n) is 6.15. The molecule has 0 saturated heterocycles. The van der Waals surface area contributed by atoms with Crippen LogP contribution in [0.3, 0.4) is 0 Å². The maximum absolute atomic E-state index is 12.6. The first-order valence-electron chi connectivity index (χ1n) is 8.98. The van der Waals surface area contributed by atoms with Crippen molar-refractivity contribution in [1.82, 2.24) is 0 Å². The van der Waals surface area contributed by atoms with Crippen molar-refractivity contribution in [3.63, 3.8) is 0 Å². The summed E-state index contributed by atoms with van der Waals surface area (Å²) in [5.41, 5.74) is 3.14. The summed E-state index contributed by atoms with van der Waals surface area (Å²) in [6.45, 7) is 4.10. The Balaban J connectivity index is 1.78. The van der Waals surface area contributed by atoms with Gasteiger partial charge in [0.1, 0.15) is 23.4 Å². The molecule has 7 heteroatoms. The van der Waals surface area contributed by atoms with Gasteiger partial charge in [0.2, 0.25) is 0 Å². The lowest BCUT2D eigenvalue weighted by atomic mass is 9.56. The summed E-state index contributed by atoms with van der Waals surface area (Å²) in [6, 6.07) is 4.98. The Morgan fingerprint density at radius 3 is 2.81 bits per heavy atom. The SMILES string of the molecule is C[C@H]1Oc2cc(OS(N)(=O)=O)ccc2C2=C1[C@@H]1CCCC(=O)[C@@]1(C)CC2. The van der Waals surface area contributed by atoms with E-state index in [1.807, 2.05) is 13.0 Å². The van der Waals surface area contributed by atoms with Crippen molar-refractivity contribution in [2.75, 3.05) is 0 Å². The first kappa shape index (κ1) is 17.5. The number of hydrogen-bond acceptors (Lipinski definition) is 5. The summed E-state index contributed by atoms with van der Waals surface area (Å²) in [7, 11) is -4.08. The molecule has 3 atom stereocenters. The van der Waals surface area contributed by atoms with Gasteiger partial charge >= 0.3 is 10.3 Å². The number of nitrogens with two attached hydrogens (primary N) is 1. The van der Waals surface area contributed by atoms with E-state index in [9.17, 15) is 13.2 Å². The van der Waals surface area contributed by atoms with Gasteiger partial charge in [-0.05, 0) is 61.8 Å². The van der Waals surface area contributed by atoms with E-state index < -0.39 is 10.3 Å². The second kappa shape index (κ2) is 5.82. The number of fused-ring (bicyclic) bond motifs is 4. The van der Waals surface area contributed by atoms with Crippen molar-refractivity contribution in [3.8, 4) is 11.5 Å². The van der Waals surface area contributed by atoms with Crippen molar-refractivity contribution < 1.29 is 22.1 Å². The Bertz CT molecular complexity index is 920. The van der Waals surface area contributed by atoms with E-state index in [4.69, 9.17) is 14.1 Å². The molecule has 0 amide bonds. The van der Waals surface area contributed by atoms with Gasteiger partial charge in [-0.3, -0.25) is 4.79 Å². The molecule has 1 aromatic carbocycles. The summed E-state index contributed by atoms with van der Waals surface area (Å²) in [5, 5.41) is 4.95. The van der Waals surface area contributed by atoms with Crippen LogP contribution in [0.4, 0.5) is 0 Å². The number of carbonyl (C=O) groups is 1. The van der Waals surface area contributed by atoms with Crippen LogP contribution in [0.5, 0.6) is 11.5 Å². The Kier molecular flexibility index (Phi) is 3.93. The zero-order valence-corrected chi connectivity index (χ0v) is 15.8. The quantitative estimate of drug-likeness (QED) is 0.855. The lowest BCUT2D eigenvalue weighted by molar-refractivity contribution is -0.134. The summed E-state index contributed by atoms with van der Waals surface area (Å²) < 4.78 is 33.2. The van der Waals surface area contributed by atoms with Crippen molar-refractivity contribution >= 4 is 21.7 Å². The second-order valence-corrected chi connectivity index (χ2v) is 8.87. The molecule has 1 aliphatic heterocycles. The lowest BCUT2D eigenvalue weighted by Gasteiger charge is -2.48. The van der Waals surface area contributed by atoms with E-state index >= 15 is 0 Å². The average molecular weight is 377 g/mol. The van der Waals surface area contributed by atoms with Crippen LogP contribution >= 0.6 is 0 Å². The third kappa shape index (κ3) is 2.74. The van der Waals surface area contributed by atoms with Crippen LogP contribution in [0, 0.1) is 11.3 Å². The van der Waals surface area contributed by atoms with Crippen molar-refractivity contribution in [1.29, 1.82) is 0 Å². The van der Waals surface area contributed by atoms with Gasteiger partial charge in [0.25, 0.3) is 0 Å². The summed E-state index contributed by atoms with van der Waals surface area (Å²) in [6.07, 6.45) is 4.13. The standard InChI is InChI=1S/C19H23NO5S/c1-11-18-14(8-9-19(2)15(18)4-3-5-17(19)21)13-7-6-12(10-16(13)24-11)25-26(20,22)23/h6-7,10-11,15H,3-5,8-9H2,1-2H3,(H2,20,22,23)/t11-,15+,19+/m1/s1. The second-order valence-electron chi connectivity index (χ2n) is 7.71. The van der Waals surface area contributed by atoms with Gasteiger partial charge in [0, 0.05) is 23.5 Å². The maximum Gasteiger partial charge on any atom is 0.380 e. The van der Waals surface area contributed by atoms with Crippen LogP contribution in [-0.2, 0) is 15.1 Å². The van der Waals surface area contributed by atoms with E-state index in [1.165, 1.54) is 11.1 Å². The van der Waals surface area contributed by atoms with E-state index in [1.54, 1.807) is 12.1 Å². The fourth-order valence-corrected chi connectivity index (χ4v) is 5.30.